The van der Waals surface area contributed by atoms with Gasteiger partial charge in [-0.25, -0.2) is 13.8 Å². The van der Waals surface area contributed by atoms with E-state index in [4.69, 9.17) is 27.8 Å². The van der Waals surface area contributed by atoms with E-state index >= 15 is 0 Å². The normalized spacial score (nSPS) is 19.2. The summed E-state index contributed by atoms with van der Waals surface area (Å²) in [5, 5.41) is 2.26. The van der Waals surface area contributed by atoms with Crippen molar-refractivity contribution in [1.29, 1.82) is 0 Å². The topological polar surface area (TPSA) is 85.7 Å². The zero-order chi connectivity index (χ0) is 16.8. The summed E-state index contributed by atoms with van der Waals surface area (Å²) in [5.41, 5.74) is 11.8. The number of anilines is 2. The molecule has 1 unspecified atom stereocenters. The van der Waals surface area contributed by atoms with E-state index in [0.717, 1.165) is 6.07 Å². The standard InChI is InChI=1S/C15H13ClF2N4O/c1-23-12-5-11-8(4-10(12)19)15(20,22-6-21-11)7-2-3-9(17)13(16)14(7)18/h2-6H,19-20H2,1H3,(H,21,22). The van der Waals surface area contributed by atoms with Gasteiger partial charge in [-0.05, 0) is 18.2 Å². The van der Waals surface area contributed by atoms with Crippen molar-refractivity contribution < 1.29 is 13.5 Å². The molecule has 0 aromatic heterocycles. The van der Waals surface area contributed by atoms with Gasteiger partial charge in [0.05, 0.1) is 24.8 Å². The van der Waals surface area contributed by atoms with Crippen LogP contribution in [0.4, 0.5) is 20.2 Å². The van der Waals surface area contributed by atoms with Crippen molar-refractivity contribution >= 4 is 29.3 Å². The van der Waals surface area contributed by atoms with E-state index in [9.17, 15) is 8.78 Å². The molecule has 0 amide bonds. The number of hydrogen-bond donors (Lipinski definition) is 3. The van der Waals surface area contributed by atoms with E-state index in [1.165, 1.54) is 25.6 Å². The number of hydrogen-bond acceptors (Lipinski definition) is 5. The maximum absolute atomic E-state index is 14.4. The zero-order valence-electron chi connectivity index (χ0n) is 12.0. The minimum atomic E-state index is -1.59. The van der Waals surface area contributed by atoms with Crippen LogP contribution in [0.3, 0.4) is 0 Å². The van der Waals surface area contributed by atoms with E-state index < -0.39 is 22.3 Å². The fraction of sp³-hybridized carbons (Fsp3) is 0.133. The smallest absolute Gasteiger partial charge is 0.166 e. The average Bonchev–Trinajstić information content (AvgIpc) is 2.53. The highest BCUT2D eigenvalue weighted by Gasteiger charge is 2.37. The summed E-state index contributed by atoms with van der Waals surface area (Å²) >= 11 is 5.65. The number of nitrogens with zero attached hydrogens (tertiary/aromatic N) is 1. The highest BCUT2D eigenvalue weighted by atomic mass is 35.5. The highest BCUT2D eigenvalue weighted by Crippen LogP contribution is 2.42. The first-order valence-corrected chi connectivity index (χ1v) is 6.97. The molecule has 2 aromatic rings. The lowest BCUT2D eigenvalue weighted by Crippen LogP contribution is -2.40. The first-order chi connectivity index (χ1) is 10.9. The third-order valence-corrected chi connectivity index (χ3v) is 4.06. The number of halogens is 3. The lowest BCUT2D eigenvalue weighted by molar-refractivity contribution is 0.416. The number of nitrogens with two attached hydrogens (primary N) is 2. The Morgan fingerprint density at radius 1 is 1.26 bits per heavy atom. The Labute approximate surface area is 135 Å². The summed E-state index contributed by atoms with van der Waals surface area (Å²) in [7, 11) is 1.48. The van der Waals surface area contributed by atoms with E-state index in [0.29, 0.717) is 22.7 Å². The van der Waals surface area contributed by atoms with Gasteiger partial charge in [0, 0.05) is 17.2 Å². The van der Waals surface area contributed by atoms with Crippen molar-refractivity contribution in [2.75, 3.05) is 18.2 Å². The van der Waals surface area contributed by atoms with Gasteiger partial charge in [0.15, 0.2) is 11.5 Å². The molecule has 1 aliphatic rings. The van der Waals surface area contributed by atoms with Gasteiger partial charge >= 0.3 is 0 Å². The molecule has 0 spiro atoms. The maximum Gasteiger partial charge on any atom is 0.166 e. The van der Waals surface area contributed by atoms with Crippen LogP contribution in [0.25, 0.3) is 0 Å². The molecular weight excluding hydrogens is 326 g/mol. The largest absolute Gasteiger partial charge is 0.495 e. The van der Waals surface area contributed by atoms with E-state index in [2.05, 4.69) is 10.3 Å². The van der Waals surface area contributed by atoms with Crippen molar-refractivity contribution in [3.63, 3.8) is 0 Å². The number of ether oxygens (including phenoxy) is 1. The lowest BCUT2D eigenvalue weighted by Gasteiger charge is -2.32. The van der Waals surface area contributed by atoms with Crippen LogP contribution in [0.2, 0.25) is 5.02 Å². The van der Waals surface area contributed by atoms with Gasteiger partial charge in [-0.3, -0.25) is 5.73 Å². The van der Waals surface area contributed by atoms with Crippen molar-refractivity contribution in [2.45, 2.75) is 5.66 Å². The van der Waals surface area contributed by atoms with Crippen LogP contribution >= 0.6 is 11.6 Å². The molecule has 1 aliphatic heterocycles. The molecule has 0 fully saturated rings. The summed E-state index contributed by atoms with van der Waals surface area (Å²) in [4.78, 5) is 4.13. The van der Waals surface area contributed by atoms with Crippen molar-refractivity contribution in [3.05, 3.63) is 52.0 Å². The number of nitrogens with one attached hydrogen (secondary N) is 1. The van der Waals surface area contributed by atoms with Crippen LogP contribution < -0.4 is 21.5 Å². The quantitative estimate of drug-likeness (QED) is 0.580. The molecule has 8 heteroatoms. The number of benzene rings is 2. The van der Waals surface area contributed by atoms with Crippen LogP contribution in [0.15, 0.2) is 29.3 Å². The Bertz CT molecular complexity index is 828. The number of nitrogen functional groups attached to an aromatic ring is 1. The first kappa shape index (κ1) is 15.5. The van der Waals surface area contributed by atoms with Crippen molar-refractivity contribution in [2.24, 2.45) is 10.7 Å². The van der Waals surface area contributed by atoms with Gasteiger partial charge in [-0.2, -0.15) is 0 Å². The molecule has 120 valence electrons. The second-order valence-corrected chi connectivity index (χ2v) is 5.41. The number of methoxy groups -OCH3 is 1. The van der Waals surface area contributed by atoms with E-state index in [1.54, 1.807) is 6.07 Å². The summed E-state index contributed by atoms with van der Waals surface area (Å²) in [5.74, 6) is -1.40. The zero-order valence-corrected chi connectivity index (χ0v) is 12.8. The van der Waals surface area contributed by atoms with Gasteiger partial charge in [0.2, 0.25) is 0 Å². The number of rotatable bonds is 2. The minimum absolute atomic E-state index is 0.0625. The second-order valence-electron chi connectivity index (χ2n) is 5.03. The average molecular weight is 339 g/mol. The van der Waals surface area contributed by atoms with Crippen LogP contribution in [0, 0.1) is 11.6 Å². The van der Waals surface area contributed by atoms with Crippen LogP contribution in [-0.4, -0.2) is 13.4 Å². The number of fused-ring (bicyclic) bond motifs is 1. The summed E-state index contributed by atoms with van der Waals surface area (Å²) < 4.78 is 33.0. The SMILES string of the molecule is COc1cc2c(cc1N)C(N)(c1ccc(F)c(Cl)c1F)N=CN2. The summed E-state index contributed by atoms with van der Waals surface area (Å²) in [6.45, 7) is 0. The molecule has 0 radical (unpaired) electrons. The molecule has 2 aromatic carbocycles. The lowest BCUT2D eigenvalue weighted by atomic mass is 9.89. The molecule has 3 rings (SSSR count). The molecule has 5 nitrogen and oxygen atoms in total. The molecule has 23 heavy (non-hydrogen) atoms. The van der Waals surface area contributed by atoms with Crippen molar-refractivity contribution in [1.82, 2.24) is 0 Å². The van der Waals surface area contributed by atoms with Crippen LogP contribution in [-0.2, 0) is 5.66 Å². The van der Waals surface area contributed by atoms with Gasteiger partial charge in [-0.15, -0.1) is 0 Å². The monoisotopic (exact) mass is 338 g/mol. The Kier molecular flexibility index (Phi) is 3.62. The predicted octanol–water partition coefficient (Wildman–Crippen LogP) is 2.82. The molecule has 0 bridgehead atoms. The van der Waals surface area contributed by atoms with Gasteiger partial charge in [0.25, 0.3) is 0 Å². The molecule has 0 saturated heterocycles. The summed E-state index contributed by atoms with van der Waals surface area (Å²) in [6.07, 6.45) is 1.33. The molecule has 1 heterocycles. The van der Waals surface area contributed by atoms with E-state index in [-0.39, 0.29) is 5.56 Å². The molecule has 0 aliphatic carbocycles. The molecule has 5 N–H and O–H groups in total. The number of aliphatic imine (C=N–C) groups is 1. The third kappa shape index (κ3) is 2.29. The van der Waals surface area contributed by atoms with Crippen LogP contribution in [0.1, 0.15) is 11.1 Å². The van der Waals surface area contributed by atoms with Gasteiger partial charge < -0.3 is 15.8 Å². The highest BCUT2D eigenvalue weighted by molar-refractivity contribution is 6.31. The minimum Gasteiger partial charge on any atom is -0.495 e. The third-order valence-electron chi connectivity index (χ3n) is 3.71. The maximum atomic E-state index is 14.4. The Hall–Kier alpha value is -2.38. The van der Waals surface area contributed by atoms with Crippen molar-refractivity contribution in [3.8, 4) is 5.75 Å². The fourth-order valence-corrected chi connectivity index (χ4v) is 2.68. The Morgan fingerprint density at radius 3 is 2.70 bits per heavy atom. The fourth-order valence-electron chi connectivity index (χ4n) is 2.52. The first-order valence-electron chi connectivity index (χ1n) is 6.59. The van der Waals surface area contributed by atoms with Gasteiger partial charge in [-0.1, -0.05) is 11.6 Å². The molecule has 0 saturated carbocycles. The van der Waals surface area contributed by atoms with Gasteiger partial charge in [0.1, 0.15) is 16.6 Å². The molecule has 1 atom stereocenters. The molecular formula is C15H13ClF2N4O. The summed E-state index contributed by atoms with van der Waals surface area (Å²) in [6, 6.07) is 5.41. The Morgan fingerprint density at radius 2 is 2.00 bits per heavy atom. The predicted molar refractivity (Wildman–Crippen MR) is 85.9 cm³/mol. The Balaban J connectivity index is 2.25. The second kappa shape index (κ2) is 5.36. The van der Waals surface area contributed by atoms with Crippen LogP contribution in [0.5, 0.6) is 5.75 Å². The van der Waals surface area contributed by atoms with E-state index in [1.807, 2.05) is 0 Å².